The van der Waals surface area contributed by atoms with Crippen LogP contribution in [0.25, 0.3) is 10.9 Å². The second kappa shape index (κ2) is 4.42. The Labute approximate surface area is 110 Å². The molecule has 1 aliphatic heterocycles. The van der Waals surface area contributed by atoms with Gasteiger partial charge in [0, 0.05) is 30.6 Å². The number of carbonyl (C=O) groups excluding carboxylic acids is 2. The van der Waals surface area contributed by atoms with Crippen molar-refractivity contribution in [2.45, 2.75) is 12.5 Å². The molecule has 5 nitrogen and oxygen atoms in total. The van der Waals surface area contributed by atoms with Gasteiger partial charge in [0.25, 0.3) is 0 Å². The predicted octanol–water partition coefficient (Wildman–Crippen LogP) is 0.667. The molecule has 0 radical (unpaired) electrons. The van der Waals surface area contributed by atoms with Crippen LogP contribution in [0.1, 0.15) is 5.56 Å². The van der Waals surface area contributed by atoms with Crippen molar-refractivity contribution in [1.29, 1.82) is 0 Å². The van der Waals surface area contributed by atoms with E-state index in [0.29, 0.717) is 6.42 Å². The first-order valence-corrected chi connectivity index (χ1v) is 6.24. The van der Waals surface area contributed by atoms with Gasteiger partial charge in [0.05, 0.1) is 6.54 Å². The number of aromatic nitrogens is 1. The molecule has 1 fully saturated rings. The fourth-order valence-electron chi connectivity index (χ4n) is 2.52. The van der Waals surface area contributed by atoms with Crippen molar-refractivity contribution in [3.63, 3.8) is 0 Å². The maximum Gasteiger partial charge on any atom is 0.245 e. The lowest BCUT2D eigenvalue weighted by Gasteiger charge is -2.29. The predicted molar refractivity (Wildman–Crippen MR) is 71.6 cm³/mol. The molecule has 98 valence electrons. The van der Waals surface area contributed by atoms with Gasteiger partial charge in [0.2, 0.25) is 11.8 Å². The summed E-state index contributed by atoms with van der Waals surface area (Å²) in [6.45, 7) is 0.142. The summed E-state index contributed by atoms with van der Waals surface area (Å²) < 4.78 is 0. The van der Waals surface area contributed by atoms with Crippen LogP contribution in [-0.4, -0.2) is 41.3 Å². The minimum atomic E-state index is -0.467. The number of hydrogen-bond acceptors (Lipinski definition) is 2. The Morgan fingerprint density at radius 1 is 1.32 bits per heavy atom. The minimum absolute atomic E-state index is 0.0371. The third kappa shape index (κ3) is 2.07. The van der Waals surface area contributed by atoms with Crippen molar-refractivity contribution >= 4 is 22.7 Å². The Balaban J connectivity index is 1.88. The highest BCUT2D eigenvalue weighted by molar-refractivity contribution is 5.95. The lowest BCUT2D eigenvalue weighted by atomic mass is 10.0. The largest absolute Gasteiger partial charge is 0.361 e. The molecule has 1 atom stereocenters. The molecule has 2 aromatic rings. The van der Waals surface area contributed by atoms with E-state index in [0.717, 1.165) is 16.5 Å². The summed E-state index contributed by atoms with van der Waals surface area (Å²) in [5.41, 5.74) is 2.09. The van der Waals surface area contributed by atoms with Gasteiger partial charge in [0.15, 0.2) is 0 Å². The summed E-state index contributed by atoms with van der Waals surface area (Å²) in [6, 6.07) is 7.47. The first kappa shape index (κ1) is 11.8. The molecule has 19 heavy (non-hydrogen) atoms. The topological polar surface area (TPSA) is 65.2 Å². The number of carbonyl (C=O) groups is 2. The van der Waals surface area contributed by atoms with Crippen molar-refractivity contribution in [1.82, 2.24) is 15.2 Å². The van der Waals surface area contributed by atoms with Crippen LogP contribution in [0.5, 0.6) is 0 Å². The summed E-state index contributed by atoms with van der Waals surface area (Å²) in [6.07, 6.45) is 2.41. The number of amides is 2. The van der Waals surface area contributed by atoms with E-state index in [1.54, 1.807) is 7.05 Å². The summed E-state index contributed by atoms with van der Waals surface area (Å²) in [4.78, 5) is 28.2. The van der Waals surface area contributed by atoms with Gasteiger partial charge in [-0.2, -0.15) is 0 Å². The minimum Gasteiger partial charge on any atom is -0.361 e. The first-order chi connectivity index (χ1) is 9.15. The molecule has 1 saturated heterocycles. The quantitative estimate of drug-likeness (QED) is 0.830. The van der Waals surface area contributed by atoms with E-state index in [-0.39, 0.29) is 18.4 Å². The molecular formula is C14H15N3O2. The number of rotatable bonds is 2. The van der Waals surface area contributed by atoms with E-state index >= 15 is 0 Å². The van der Waals surface area contributed by atoms with Crippen LogP contribution in [0.3, 0.4) is 0 Å². The van der Waals surface area contributed by atoms with E-state index in [1.807, 2.05) is 30.5 Å². The van der Waals surface area contributed by atoms with Crippen LogP contribution in [-0.2, 0) is 16.0 Å². The number of para-hydroxylation sites is 1. The molecule has 0 saturated carbocycles. The van der Waals surface area contributed by atoms with E-state index in [9.17, 15) is 9.59 Å². The maximum absolute atomic E-state index is 12.0. The molecule has 1 aromatic carbocycles. The van der Waals surface area contributed by atoms with E-state index < -0.39 is 6.04 Å². The number of benzene rings is 1. The number of H-pyrrole nitrogens is 1. The second-order valence-corrected chi connectivity index (χ2v) is 4.88. The van der Waals surface area contributed by atoms with Gasteiger partial charge in [-0.1, -0.05) is 18.2 Å². The third-order valence-corrected chi connectivity index (χ3v) is 3.49. The fraction of sp³-hybridized carbons (Fsp3) is 0.286. The molecule has 1 aromatic heterocycles. The Morgan fingerprint density at radius 3 is 2.95 bits per heavy atom. The average Bonchev–Trinajstić information content (AvgIpc) is 2.79. The Hall–Kier alpha value is -2.30. The SMILES string of the molecule is CN1CC(=O)N[C@@H](Cc2c[nH]c3ccccc23)C1=O. The molecule has 0 aliphatic carbocycles. The highest BCUT2D eigenvalue weighted by Gasteiger charge is 2.30. The van der Waals surface area contributed by atoms with Gasteiger partial charge in [-0.25, -0.2) is 0 Å². The normalized spacial score (nSPS) is 19.8. The molecule has 2 amide bonds. The van der Waals surface area contributed by atoms with E-state index in [2.05, 4.69) is 10.3 Å². The smallest absolute Gasteiger partial charge is 0.245 e. The Bertz CT molecular complexity index is 647. The van der Waals surface area contributed by atoms with Crippen molar-refractivity contribution in [2.24, 2.45) is 0 Å². The average molecular weight is 257 g/mol. The summed E-state index contributed by atoms with van der Waals surface area (Å²) in [5, 5.41) is 3.85. The van der Waals surface area contributed by atoms with Gasteiger partial charge >= 0.3 is 0 Å². The number of aromatic amines is 1. The molecule has 1 aliphatic rings. The highest BCUT2D eigenvalue weighted by atomic mass is 16.2. The summed E-state index contributed by atoms with van der Waals surface area (Å²) in [7, 11) is 1.66. The Kier molecular flexibility index (Phi) is 2.74. The van der Waals surface area contributed by atoms with Gasteiger partial charge in [0.1, 0.15) is 6.04 Å². The molecule has 0 bridgehead atoms. The zero-order valence-electron chi connectivity index (χ0n) is 10.6. The number of hydrogen-bond donors (Lipinski definition) is 2. The second-order valence-electron chi connectivity index (χ2n) is 4.88. The molecular weight excluding hydrogens is 242 g/mol. The first-order valence-electron chi connectivity index (χ1n) is 6.24. The molecule has 2 N–H and O–H groups in total. The van der Waals surface area contributed by atoms with Gasteiger partial charge in [-0.15, -0.1) is 0 Å². The third-order valence-electron chi connectivity index (χ3n) is 3.49. The van der Waals surface area contributed by atoms with E-state index in [4.69, 9.17) is 0 Å². The number of fused-ring (bicyclic) bond motifs is 1. The standard InChI is InChI=1S/C14H15N3O2/c1-17-8-13(18)16-12(14(17)19)6-9-7-15-11-5-3-2-4-10(9)11/h2-5,7,12,15H,6,8H2,1H3,(H,16,18)/t12-/m0/s1. The number of nitrogens with one attached hydrogen (secondary N) is 2. The van der Waals surface area contributed by atoms with Crippen LogP contribution in [0, 0.1) is 0 Å². The fourth-order valence-corrected chi connectivity index (χ4v) is 2.52. The molecule has 5 heteroatoms. The monoisotopic (exact) mass is 257 g/mol. The van der Waals surface area contributed by atoms with Crippen LogP contribution in [0.2, 0.25) is 0 Å². The van der Waals surface area contributed by atoms with Gasteiger partial charge in [-0.3, -0.25) is 9.59 Å². The van der Waals surface area contributed by atoms with Crippen LogP contribution in [0.15, 0.2) is 30.5 Å². The lowest BCUT2D eigenvalue weighted by molar-refractivity contribution is -0.142. The van der Waals surface area contributed by atoms with Crippen LogP contribution in [0.4, 0.5) is 0 Å². The maximum atomic E-state index is 12.0. The van der Waals surface area contributed by atoms with Crippen LogP contribution >= 0.6 is 0 Å². The van der Waals surface area contributed by atoms with Crippen molar-refractivity contribution < 1.29 is 9.59 Å². The van der Waals surface area contributed by atoms with Crippen molar-refractivity contribution in [3.05, 3.63) is 36.0 Å². The van der Waals surface area contributed by atoms with Gasteiger partial charge < -0.3 is 15.2 Å². The molecule has 0 spiro atoms. The number of nitrogens with zero attached hydrogens (tertiary/aromatic N) is 1. The number of likely N-dealkylation sites (N-methyl/N-ethyl adjacent to an activating group) is 1. The summed E-state index contributed by atoms with van der Waals surface area (Å²) >= 11 is 0. The lowest BCUT2D eigenvalue weighted by Crippen LogP contribution is -2.57. The van der Waals surface area contributed by atoms with Crippen molar-refractivity contribution in [3.8, 4) is 0 Å². The van der Waals surface area contributed by atoms with E-state index in [1.165, 1.54) is 4.90 Å². The summed E-state index contributed by atoms with van der Waals surface area (Å²) in [5.74, 6) is -0.142. The van der Waals surface area contributed by atoms with Gasteiger partial charge in [-0.05, 0) is 11.6 Å². The zero-order chi connectivity index (χ0) is 13.4. The molecule has 0 unspecified atom stereocenters. The molecule has 2 heterocycles. The number of piperazine rings is 1. The zero-order valence-corrected chi connectivity index (χ0v) is 10.6. The molecule has 3 rings (SSSR count). The van der Waals surface area contributed by atoms with Crippen LogP contribution < -0.4 is 5.32 Å². The highest BCUT2D eigenvalue weighted by Crippen LogP contribution is 2.20. The van der Waals surface area contributed by atoms with Crippen molar-refractivity contribution in [2.75, 3.05) is 13.6 Å². The Morgan fingerprint density at radius 2 is 2.11 bits per heavy atom.